The zero-order valence-corrected chi connectivity index (χ0v) is 7.36. The monoisotopic (exact) mass is 172 g/mol. The number of amides is 1. The molecule has 0 aromatic carbocycles. The third kappa shape index (κ3) is 1.76. The summed E-state index contributed by atoms with van der Waals surface area (Å²) >= 11 is 0. The summed E-state index contributed by atoms with van der Waals surface area (Å²) in [6.07, 6.45) is 0.464. The van der Waals surface area contributed by atoms with Gasteiger partial charge in [0.2, 0.25) is 5.91 Å². The van der Waals surface area contributed by atoms with E-state index in [1.165, 1.54) is 0 Å². The van der Waals surface area contributed by atoms with Gasteiger partial charge in [0, 0.05) is 19.6 Å². The van der Waals surface area contributed by atoms with E-state index in [0.29, 0.717) is 19.6 Å². The number of carbonyl (C=O) groups is 1. The second-order valence-corrected chi connectivity index (χ2v) is 3.24. The molecule has 1 aliphatic heterocycles. The summed E-state index contributed by atoms with van der Waals surface area (Å²) < 4.78 is 0. The molecule has 4 nitrogen and oxygen atoms in total. The molecule has 0 radical (unpaired) electrons. The minimum atomic E-state index is -0.316. The number of nitrogens with zero attached hydrogens (tertiary/aromatic N) is 1. The predicted octanol–water partition coefficient (Wildman–Crippen LogP) is -0.826. The van der Waals surface area contributed by atoms with Crippen molar-refractivity contribution in [2.45, 2.75) is 19.4 Å². The van der Waals surface area contributed by atoms with Gasteiger partial charge in [-0.3, -0.25) is 4.79 Å². The second-order valence-electron chi connectivity index (χ2n) is 3.24. The first-order valence-corrected chi connectivity index (χ1v) is 4.36. The molecule has 1 saturated heterocycles. The summed E-state index contributed by atoms with van der Waals surface area (Å²) in [6.45, 7) is 3.32. The number of hydrogen-bond acceptors (Lipinski definition) is 3. The molecule has 1 unspecified atom stereocenters. The number of hydrogen-bond donors (Lipinski definition) is 2. The summed E-state index contributed by atoms with van der Waals surface area (Å²) in [4.78, 5) is 13.1. The molecule has 0 aliphatic carbocycles. The molecule has 0 saturated carbocycles. The highest BCUT2D eigenvalue weighted by Gasteiger charge is 2.31. The van der Waals surface area contributed by atoms with Gasteiger partial charge in [0.15, 0.2) is 0 Å². The van der Waals surface area contributed by atoms with E-state index in [4.69, 9.17) is 10.8 Å². The topological polar surface area (TPSA) is 66.6 Å². The maximum absolute atomic E-state index is 11.5. The number of rotatable bonds is 3. The molecule has 1 heterocycles. The van der Waals surface area contributed by atoms with Gasteiger partial charge in [0.05, 0.1) is 12.0 Å². The fraction of sp³-hybridized carbons (Fsp3) is 0.875. The number of likely N-dealkylation sites (tertiary alicyclic amines) is 1. The lowest BCUT2D eigenvalue weighted by Crippen LogP contribution is -2.55. The Balaban J connectivity index is 2.36. The molecule has 3 N–H and O–H groups in total. The molecule has 1 atom stereocenters. The Hall–Kier alpha value is -0.610. The van der Waals surface area contributed by atoms with E-state index >= 15 is 0 Å². The quantitative estimate of drug-likeness (QED) is 0.584. The first-order valence-electron chi connectivity index (χ1n) is 4.36. The van der Waals surface area contributed by atoms with Crippen LogP contribution in [0.25, 0.3) is 0 Å². The standard InChI is InChI=1S/C8H16N2O2/c1-2-6(3-9)8(12)10-4-7(11)5-10/h6-7,11H,2-5,9H2,1H3. The molecule has 0 aromatic rings. The summed E-state index contributed by atoms with van der Waals surface area (Å²) in [5.74, 6) is 0.0304. The maximum Gasteiger partial charge on any atom is 0.227 e. The van der Waals surface area contributed by atoms with Crippen LogP contribution in [0.4, 0.5) is 0 Å². The van der Waals surface area contributed by atoms with Gasteiger partial charge in [-0.15, -0.1) is 0 Å². The van der Waals surface area contributed by atoms with Crippen molar-refractivity contribution in [3.05, 3.63) is 0 Å². The van der Waals surface area contributed by atoms with Crippen LogP contribution in [-0.4, -0.2) is 41.7 Å². The van der Waals surface area contributed by atoms with Gasteiger partial charge in [-0.2, -0.15) is 0 Å². The Bertz CT molecular complexity index is 162. The minimum Gasteiger partial charge on any atom is -0.389 e. The van der Waals surface area contributed by atoms with E-state index < -0.39 is 0 Å². The van der Waals surface area contributed by atoms with Crippen LogP contribution in [0.1, 0.15) is 13.3 Å². The highest BCUT2D eigenvalue weighted by molar-refractivity contribution is 5.79. The fourth-order valence-corrected chi connectivity index (χ4v) is 1.34. The first kappa shape index (κ1) is 9.48. The van der Waals surface area contributed by atoms with Crippen molar-refractivity contribution < 1.29 is 9.90 Å². The zero-order valence-electron chi connectivity index (χ0n) is 7.36. The van der Waals surface area contributed by atoms with E-state index in [-0.39, 0.29) is 17.9 Å². The minimum absolute atomic E-state index is 0.0579. The van der Waals surface area contributed by atoms with Crippen molar-refractivity contribution in [1.29, 1.82) is 0 Å². The zero-order chi connectivity index (χ0) is 9.14. The Morgan fingerprint density at radius 3 is 2.67 bits per heavy atom. The number of nitrogens with two attached hydrogens (primary N) is 1. The van der Waals surface area contributed by atoms with E-state index in [1.807, 2.05) is 6.92 Å². The smallest absolute Gasteiger partial charge is 0.227 e. The van der Waals surface area contributed by atoms with E-state index in [9.17, 15) is 4.79 Å². The number of aliphatic hydroxyl groups is 1. The lowest BCUT2D eigenvalue weighted by molar-refractivity contribution is -0.145. The summed E-state index contributed by atoms with van der Waals surface area (Å²) in [7, 11) is 0. The van der Waals surface area contributed by atoms with Gasteiger partial charge in [-0.25, -0.2) is 0 Å². The number of aliphatic hydroxyl groups excluding tert-OH is 1. The lowest BCUT2D eigenvalue weighted by Gasteiger charge is -2.37. The third-order valence-corrected chi connectivity index (χ3v) is 2.30. The van der Waals surface area contributed by atoms with Crippen molar-refractivity contribution in [1.82, 2.24) is 4.90 Å². The van der Waals surface area contributed by atoms with Crippen LogP contribution in [0, 0.1) is 5.92 Å². The Labute approximate surface area is 72.3 Å². The van der Waals surface area contributed by atoms with Gasteiger partial charge in [0.1, 0.15) is 0 Å². The highest BCUT2D eigenvalue weighted by Crippen LogP contribution is 2.13. The largest absolute Gasteiger partial charge is 0.389 e. The lowest BCUT2D eigenvalue weighted by atomic mass is 10.0. The summed E-state index contributed by atoms with van der Waals surface area (Å²) in [5.41, 5.74) is 5.43. The van der Waals surface area contributed by atoms with Crippen LogP contribution in [-0.2, 0) is 4.79 Å². The summed E-state index contributed by atoms with van der Waals surface area (Å²) in [6, 6.07) is 0. The number of carbonyl (C=O) groups excluding carboxylic acids is 1. The molecule has 0 aromatic heterocycles. The van der Waals surface area contributed by atoms with Gasteiger partial charge in [0.25, 0.3) is 0 Å². The first-order chi connectivity index (χ1) is 5.69. The molecule has 4 heteroatoms. The summed E-state index contributed by atoms with van der Waals surface area (Å²) in [5, 5.41) is 8.97. The van der Waals surface area contributed by atoms with Crippen LogP contribution >= 0.6 is 0 Å². The van der Waals surface area contributed by atoms with Crippen LogP contribution in [0.15, 0.2) is 0 Å². The Kier molecular flexibility index (Phi) is 3.05. The molecule has 0 bridgehead atoms. The van der Waals surface area contributed by atoms with Crippen molar-refractivity contribution in [3.63, 3.8) is 0 Å². The predicted molar refractivity (Wildman–Crippen MR) is 45.4 cm³/mol. The van der Waals surface area contributed by atoms with Gasteiger partial charge < -0.3 is 15.7 Å². The SMILES string of the molecule is CCC(CN)C(=O)N1CC(O)C1. The molecule has 1 amide bonds. The molecule has 70 valence electrons. The van der Waals surface area contributed by atoms with Crippen LogP contribution in [0.5, 0.6) is 0 Å². The van der Waals surface area contributed by atoms with Crippen molar-refractivity contribution >= 4 is 5.91 Å². The number of β-amino-alcohol motifs (C(OH)–C–C–N with tert-alkyl or cyclic N) is 1. The van der Waals surface area contributed by atoms with Gasteiger partial charge in [-0.1, -0.05) is 6.92 Å². The molecule has 0 spiro atoms. The average Bonchev–Trinajstić information content (AvgIpc) is 2.01. The molecule has 1 aliphatic rings. The fourth-order valence-electron chi connectivity index (χ4n) is 1.34. The van der Waals surface area contributed by atoms with Gasteiger partial charge >= 0.3 is 0 Å². The van der Waals surface area contributed by atoms with E-state index in [1.54, 1.807) is 4.90 Å². The van der Waals surface area contributed by atoms with Crippen LogP contribution in [0.3, 0.4) is 0 Å². The Morgan fingerprint density at radius 2 is 2.33 bits per heavy atom. The van der Waals surface area contributed by atoms with Crippen molar-refractivity contribution in [2.75, 3.05) is 19.6 Å². The van der Waals surface area contributed by atoms with Gasteiger partial charge in [-0.05, 0) is 6.42 Å². The average molecular weight is 172 g/mol. The van der Waals surface area contributed by atoms with Crippen molar-refractivity contribution in [3.8, 4) is 0 Å². The maximum atomic E-state index is 11.5. The molecule has 12 heavy (non-hydrogen) atoms. The molecule has 1 rings (SSSR count). The second kappa shape index (κ2) is 3.87. The van der Waals surface area contributed by atoms with Crippen LogP contribution in [0.2, 0.25) is 0 Å². The Morgan fingerprint density at radius 1 is 1.75 bits per heavy atom. The molecule has 1 fully saturated rings. The van der Waals surface area contributed by atoms with E-state index in [2.05, 4.69) is 0 Å². The van der Waals surface area contributed by atoms with E-state index in [0.717, 1.165) is 6.42 Å². The normalized spacial score (nSPS) is 20.4. The molecular formula is C8H16N2O2. The van der Waals surface area contributed by atoms with Crippen LogP contribution < -0.4 is 5.73 Å². The highest BCUT2D eigenvalue weighted by atomic mass is 16.3. The molecular weight excluding hydrogens is 156 g/mol. The van der Waals surface area contributed by atoms with Crippen molar-refractivity contribution in [2.24, 2.45) is 11.7 Å². The third-order valence-electron chi connectivity index (χ3n) is 2.30.